The van der Waals surface area contributed by atoms with Crippen molar-refractivity contribution < 1.29 is 13.2 Å². The minimum atomic E-state index is -2.83. The van der Waals surface area contributed by atoms with E-state index in [2.05, 4.69) is 17.6 Å². The Balaban J connectivity index is 1.59. The number of rotatable bonds is 4. The average molecular weight is 372 g/mol. The molecule has 2 heterocycles. The van der Waals surface area contributed by atoms with Crippen molar-refractivity contribution in [2.45, 2.75) is 64.0 Å². The summed E-state index contributed by atoms with van der Waals surface area (Å²) in [6, 6.07) is 0.871. The van der Waals surface area contributed by atoms with Crippen molar-refractivity contribution in [2.75, 3.05) is 31.3 Å². The molecule has 0 aromatic rings. The summed E-state index contributed by atoms with van der Waals surface area (Å²) in [4.78, 5) is 4.77. The topological polar surface area (TPSA) is 79.8 Å². The fourth-order valence-corrected chi connectivity index (χ4v) is 6.01. The molecule has 7 heteroatoms. The van der Waals surface area contributed by atoms with Crippen LogP contribution in [0.15, 0.2) is 4.99 Å². The highest BCUT2D eigenvalue weighted by molar-refractivity contribution is 7.91. The average Bonchev–Trinajstić information content (AvgIpc) is 2.93. The lowest BCUT2D eigenvalue weighted by Gasteiger charge is -2.31. The van der Waals surface area contributed by atoms with Gasteiger partial charge in [0.15, 0.2) is 15.8 Å². The molecular weight excluding hydrogens is 338 g/mol. The number of hydrogen-bond donors (Lipinski definition) is 2. The number of sulfone groups is 1. The maximum atomic E-state index is 11.7. The van der Waals surface area contributed by atoms with E-state index in [1.165, 1.54) is 25.7 Å². The summed E-state index contributed by atoms with van der Waals surface area (Å²) in [5.74, 6) is 2.42. The molecule has 3 unspecified atom stereocenters. The Hall–Kier alpha value is -0.820. The molecule has 1 aliphatic carbocycles. The Bertz CT molecular complexity index is 558. The standard InChI is InChI=1S/C18H33N3O3S/c1-14-3-2-4-17(11-14)21-18(20-16-5-8-24-9-6-16)19-12-15-7-10-25(22,23)13-15/h14-17H,2-13H2,1H3,(H2,19,20,21). The van der Waals surface area contributed by atoms with Gasteiger partial charge in [0.1, 0.15) is 0 Å². The molecule has 25 heavy (non-hydrogen) atoms. The first-order valence-corrected chi connectivity index (χ1v) is 11.7. The van der Waals surface area contributed by atoms with Gasteiger partial charge in [-0.3, -0.25) is 4.99 Å². The van der Waals surface area contributed by atoms with Crippen LogP contribution in [0.4, 0.5) is 0 Å². The third-order valence-corrected chi connectivity index (χ3v) is 7.51. The van der Waals surface area contributed by atoms with E-state index in [1.54, 1.807) is 0 Å². The van der Waals surface area contributed by atoms with E-state index < -0.39 is 9.84 Å². The third kappa shape index (κ3) is 6.13. The first-order valence-electron chi connectivity index (χ1n) is 9.86. The summed E-state index contributed by atoms with van der Waals surface area (Å²) in [6.45, 7) is 4.51. The Kier molecular flexibility index (Phi) is 6.61. The second kappa shape index (κ2) is 8.71. The van der Waals surface area contributed by atoms with Crippen molar-refractivity contribution in [2.24, 2.45) is 16.8 Å². The molecule has 6 nitrogen and oxygen atoms in total. The molecule has 3 aliphatic rings. The molecular formula is C18H33N3O3S. The summed E-state index contributed by atoms with van der Waals surface area (Å²) < 4.78 is 28.8. The van der Waals surface area contributed by atoms with Gasteiger partial charge in [-0.1, -0.05) is 19.8 Å². The van der Waals surface area contributed by atoms with Gasteiger partial charge in [0.2, 0.25) is 0 Å². The fourth-order valence-electron chi connectivity index (χ4n) is 4.16. The van der Waals surface area contributed by atoms with Crippen LogP contribution in [0, 0.1) is 11.8 Å². The monoisotopic (exact) mass is 371 g/mol. The minimum absolute atomic E-state index is 0.170. The minimum Gasteiger partial charge on any atom is -0.381 e. The van der Waals surface area contributed by atoms with Crippen molar-refractivity contribution >= 4 is 15.8 Å². The van der Waals surface area contributed by atoms with Gasteiger partial charge in [0.25, 0.3) is 0 Å². The van der Waals surface area contributed by atoms with Gasteiger partial charge < -0.3 is 15.4 Å². The number of nitrogens with zero attached hydrogens (tertiary/aromatic N) is 1. The molecule has 0 radical (unpaired) electrons. The molecule has 3 fully saturated rings. The molecule has 1 saturated carbocycles. The molecule has 0 amide bonds. The molecule has 3 atom stereocenters. The molecule has 3 rings (SSSR count). The summed E-state index contributed by atoms with van der Waals surface area (Å²) in [6.07, 6.45) is 7.71. The predicted molar refractivity (Wildman–Crippen MR) is 101 cm³/mol. The van der Waals surface area contributed by atoms with E-state index in [4.69, 9.17) is 9.73 Å². The maximum Gasteiger partial charge on any atom is 0.191 e. The van der Waals surface area contributed by atoms with E-state index in [-0.39, 0.29) is 5.92 Å². The lowest BCUT2D eigenvalue weighted by molar-refractivity contribution is 0.0821. The number of aliphatic imine (C=N–C) groups is 1. The molecule has 0 spiro atoms. The highest BCUT2D eigenvalue weighted by atomic mass is 32.2. The SMILES string of the molecule is CC1CCCC(NC(=NCC2CCS(=O)(=O)C2)NC2CCOCC2)C1. The number of ether oxygens (including phenoxy) is 1. The Morgan fingerprint density at radius 2 is 1.84 bits per heavy atom. The molecule has 144 valence electrons. The van der Waals surface area contributed by atoms with Gasteiger partial charge in [0.05, 0.1) is 11.5 Å². The van der Waals surface area contributed by atoms with Crippen molar-refractivity contribution in [1.29, 1.82) is 0 Å². The first-order chi connectivity index (χ1) is 12.0. The number of hydrogen-bond acceptors (Lipinski definition) is 4. The zero-order valence-electron chi connectivity index (χ0n) is 15.4. The van der Waals surface area contributed by atoms with Gasteiger partial charge in [-0.25, -0.2) is 8.42 Å². The van der Waals surface area contributed by atoms with Crippen LogP contribution in [-0.4, -0.2) is 57.7 Å². The van der Waals surface area contributed by atoms with Crippen molar-refractivity contribution in [1.82, 2.24) is 10.6 Å². The second-order valence-electron chi connectivity index (χ2n) is 8.10. The van der Waals surface area contributed by atoms with Crippen LogP contribution in [0.1, 0.15) is 51.9 Å². The Morgan fingerprint density at radius 3 is 2.52 bits per heavy atom. The largest absolute Gasteiger partial charge is 0.381 e. The van der Waals surface area contributed by atoms with Gasteiger partial charge >= 0.3 is 0 Å². The van der Waals surface area contributed by atoms with Crippen LogP contribution in [0.25, 0.3) is 0 Å². The number of guanidine groups is 1. The van der Waals surface area contributed by atoms with Crippen LogP contribution in [0.5, 0.6) is 0 Å². The first kappa shape index (κ1) is 19.0. The van der Waals surface area contributed by atoms with E-state index in [0.29, 0.717) is 30.1 Å². The highest BCUT2D eigenvalue weighted by Gasteiger charge is 2.28. The molecule has 0 aromatic heterocycles. The molecule has 0 bridgehead atoms. The van der Waals surface area contributed by atoms with Crippen LogP contribution in [0.3, 0.4) is 0 Å². The summed E-state index contributed by atoms with van der Waals surface area (Å²) in [5.41, 5.74) is 0. The second-order valence-corrected chi connectivity index (χ2v) is 10.3. The fraction of sp³-hybridized carbons (Fsp3) is 0.944. The molecule has 2 N–H and O–H groups in total. The van der Waals surface area contributed by atoms with Crippen molar-refractivity contribution in [3.63, 3.8) is 0 Å². The van der Waals surface area contributed by atoms with Gasteiger partial charge in [-0.05, 0) is 43.9 Å². The quantitative estimate of drug-likeness (QED) is 0.581. The van der Waals surface area contributed by atoms with Crippen LogP contribution >= 0.6 is 0 Å². The van der Waals surface area contributed by atoms with Gasteiger partial charge in [-0.15, -0.1) is 0 Å². The number of nitrogens with one attached hydrogen (secondary N) is 2. The van der Waals surface area contributed by atoms with Crippen molar-refractivity contribution in [3.8, 4) is 0 Å². The highest BCUT2D eigenvalue weighted by Crippen LogP contribution is 2.23. The zero-order valence-corrected chi connectivity index (χ0v) is 16.2. The molecule has 0 aromatic carbocycles. The normalized spacial score (nSPS) is 34.0. The van der Waals surface area contributed by atoms with E-state index in [0.717, 1.165) is 44.4 Å². The third-order valence-electron chi connectivity index (χ3n) is 5.67. The molecule has 2 saturated heterocycles. The zero-order chi connectivity index (χ0) is 17.7. The van der Waals surface area contributed by atoms with E-state index >= 15 is 0 Å². The maximum absolute atomic E-state index is 11.7. The Morgan fingerprint density at radius 1 is 1.08 bits per heavy atom. The van der Waals surface area contributed by atoms with Crippen LogP contribution in [0.2, 0.25) is 0 Å². The van der Waals surface area contributed by atoms with Gasteiger partial charge in [-0.2, -0.15) is 0 Å². The van der Waals surface area contributed by atoms with Crippen molar-refractivity contribution in [3.05, 3.63) is 0 Å². The summed E-state index contributed by atoms with van der Waals surface area (Å²) in [5, 5.41) is 7.20. The summed E-state index contributed by atoms with van der Waals surface area (Å²) in [7, 11) is -2.83. The molecule has 2 aliphatic heterocycles. The lowest BCUT2D eigenvalue weighted by atomic mass is 9.87. The smallest absolute Gasteiger partial charge is 0.191 e. The summed E-state index contributed by atoms with van der Waals surface area (Å²) >= 11 is 0. The van der Waals surface area contributed by atoms with Crippen LogP contribution < -0.4 is 10.6 Å². The predicted octanol–water partition coefficient (Wildman–Crippen LogP) is 1.71. The Labute approximate surface area is 152 Å². The van der Waals surface area contributed by atoms with Gasteiger partial charge in [0, 0.05) is 31.8 Å². The van der Waals surface area contributed by atoms with E-state index in [1.807, 2.05) is 0 Å². The van der Waals surface area contributed by atoms with Crippen LogP contribution in [-0.2, 0) is 14.6 Å². The lowest BCUT2D eigenvalue weighted by Crippen LogP contribution is -2.50. The van der Waals surface area contributed by atoms with E-state index in [9.17, 15) is 8.42 Å².